The van der Waals surface area contributed by atoms with Crippen molar-refractivity contribution in [3.05, 3.63) is 29.8 Å². The third-order valence-corrected chi connectivity index (χ3v) is 4.57. The molecule has 7 nitrogen and oxygen atoms in total. The van der Waals surface area contributed by atoms with Crippen molar-refractivity contribution >= 4 is 21.8 Å². The number of benzene rings is 1. The van der Waals surface area contributed by atoms with Crippen LogP contribution in [-0.2, 0) is 19.6 Å². The smallest absolute Gasteiger partial charge is 0.242 e. The fraction of sp³-hybridized carbons (Fsp3) is 0.467. The summed E-state index contributed by atoms with van der Waals surface area (Å²) in [5.41, 5.74) is 0.961. The van der Waals surface area contributed by atoms with Gasteiger partial charge in [-0.05, 0) is 32.9 Å². The minimum Gasteiger partial charge on any atom is -0.355 e. The Bertz CT molecular complexity index is 641. The average Bonchev–Trinajstić information content (AvgIpc) is 2.47. The van der Waals surface area contributed by atoms with Gasteiger partial charge in [-0.3, -0.25) is 9.59 Å². The molecule has 0 bridgehead atoms. The maximum atomic E-state index is 12.0. The van der Waals surface area contributed by atoms with Gasteiger partial charge in [0.25, 0.3) is 0 Å². The highest BCUT2D eigenvalue weighted by atomic mass is 32.2. The maximum absolute atomic E-state index is 12.0. The highest BCUT2D eigenvalue weighted by Crippen LogP contribution is 2.09. The van der Waals surface area contributed by atoms with Gasteiger partial charge in [-0.1, -0.05) is 17.7 Å². The fourth-order valence-corrected chi connectivity index (χ4v) is 2.84. The maximum Gasteiger partial charge on any atom is 0.242 e. The Labute approximate surface area is 136 Å². The Hall–Kier alpha value is -1.93. The van der Waals surface area contributed by atoms with Crippen LogP contribution >= 0.6 is 0 Å². The normalized spacial score (nSPS) is 12.5. The molecule has 1 atom stereocenters. The number of aryl methyl sites for hydroxylation is 1. The lowest BCUT2D eigenvalue weighted by Gasteiger charge is -2.13. The predicted octanol–water partition coefficient (Wildman–Crippen LogP) is 0.304. The molecule has 1 aromatic carbocycles. The second-order valence-electron chi connectivity index (χ2n) is 5.14. The topological polar surface area (TPSA) is 104 Å². The van der Waals surface area contributed by atoms with Gasteiger partial charge in [0.1, 0.15) is 6.04 Å². The lowest BCUT2D eigenvalue weighted by atomic mass is 10.2. The van der Waals surface area contributed by atoms with Crippen LogP contribution in [0.4, 0.5) is 0 Å². The van der Waals surface area contributed by atoms with E-state index in [1.165, 1.54) is 12.1 Å². The van der Waals surface area contributed by atoms with Crippen LogP contribution in [0, 0.1) is 6.92 Å². The van der Waals surface area contributed by atoms with E-state index in [1.807, 2.05) is 6.92 Å². The first kappa shape index (κ1) is 19.1. The molecule has 0 fully saturated rings. The Kier molecular flexibility index (Phi) is 7.18. The SMILES string of the molecule is CCNC(=O)C(C)NC(=O)CCNS(=O)(=O)c1ccc(C)cc1. The molecule has 0 saturated carbocycles. The van der Waals surface area contributed by atoms with E-state index < -0.39 is 22.0 Å². The summed E-state index contributed by atoms with van der Waals surface area (Å²) in [5.74, 6) is -0.670. The molecule has 1 unspecified atom stereocenters. The van der Waals surface area contributed by atoms with E-state index in [0.29, 0.717) is 6.54 Å². The Morgan fingerprint density at radius 1 is 1.17 bits per heavy atom. The van der Waals surface area contributed by atoms with Gasteiger partial charge in [-0.25, -0.2) is 13.1 Å². The Morgan fingerprint density at radius 2 is 1.78 bits per heavy atom. The third kappa shape index (κ3) is 6.37. The molecule has 2 amide bonds. The first-order valence-corrected chi connectivity index (χ1v) is 8.88. The van der Waals surface area contributed by atoms with E-state index in [0.717, 1.165) is 5.56 Å². The molecule has 0 aliphatic carbocycles. The molecule has 0 aliphatic rings. The predicted molar refractivity (Wildman–Crippen MR) is 87.3 cm³/mol. The second-order valence-corrected chi connectivity index (χ2v) is 6.91. The number of nitrogens with one attached hydrogen (secondary N) is 3. The molecular weight excluding hydrogens is 318 g/mol. The highest BCUT2D eigenvalue weighted by molar-refractivity contribution is 7.89. The quantitative estimate of drug-likeness (QED) is 0.633. The number of carbonyl (C=O) groups is 2. The lowest BCUT2D eigenvalue weighted by Crippen LogP contribution is -2.45. The first-order chi connectivity index (χ1) is 10.8. The van der Waals surface area contributed by atoms with Gasteiger partial charge in [0, 0.05) is 19.5 Å². The van der Waals surface area contributed by atoms with Crippen LogP contribution < -0.4 is 15.4 Å². The van der Waals surface area contributed by atoms with Crippen LogP contribution in [0.15, 0.2) is 29.2 Å². The van der Waals surface area contributed by atoms with E-state index in [9.17, 15) is 18.0 Å². The van der Waals surface area contributed by atoms with E-state index >= 15 is 0 Å². The zero-order valence-corrected chi connectivity index (χ0v) is 14.4. The Morgan fingerprint density at radius 3 is 2.35 bits per heavy atom. The molecule has 1 aromatic rings. The number of rotatable bonds is 8. The molecule has 0 aliphatic heterocycles. The van der Waals surface area contributed by atoms with Gasteiger partial charge in [0.15, 0.2) is 0 Å². The van der Waals surface area contributed by atoms with Gasteiger partial charge in [-0.2, -0.15) is 0 Å². The highest BCUT2D eigenvalue weighted by Gasteiger charge is 2.16. The van der Waals surface area contributed by atoms with Crippen molar-refractivity contribution in [2.45, 2.75) is 38.1 Å². The van der Waals surface area contributed by atoms with Crippen molar-refractivity contribution in [3.8, 4) is 0 Å². The van der Waals surface area contributed by atoms with Gasteiger partial charge in [0.2, 0.25) is 21.8 Å². The minimum absolute atomic E-state index is 0.0375. The molecule has 0 spiro atoms. The van der Waals surface area contributed by atoms with Crippen LogP contribution in [0.1, 0.15) is 25.8 Å². The number of hydrogen-bond acceptors (Lipinski definition) is 4. The number of carbonyl (C=O) groups excluding carboxylic acids is 2. The molecule has 23 heavy (non-hydrogen) atoms. The van der Waals surface area contributed by atoms with Crippen LogP contribution in [0.25, 0.3) is 0 Å². The number of hydrogen-bond donors (Lipinski definition) is 3. The van der Waals surface area contributed by atoms with E-state index in [1.54, 1.807) is 26.0 Å². The standard InChI is InChI=1S/C15H23N3O4S/c1-4-16-15(20)12(3)18-14(19)9-10-17-23(21,22)13-7-5-11(2)6-8-13/h5-8,12,17H,4,9-10H2,1-3H3,(H,16,20)(H,18,19). The second kappa shape index (κ2) is 8.64. The van der Waals surface area contributed by atoms with Crippen LogP contribution in [0.3, 0.4) is 0 Å². The molecule has 0 radical (unpaired) electrons. The van der Waals surface area contributed by atoms with Crippen molar-refractivity contribution in [1.82, 2.24) is 15.4 Å². The number of sulfonamides is 1. The molecule has 0 aromatic heterocycles. The van der Waals surface area contributed by atoms with E-state index in [4.69, 9.17) is 0 Å². The monoisotopic (exact) mass is 341 g/mol. The van der Waals surface area contributed by atoms with Crippen LogP contribution in [-0.4, -0.2) is 39.4 Å². The summed E-state index contributed by atoms with van der Waals surface area (Å²) in [6, 6.07) is 5.77. The van der Waals surface area contributed by atoms with Gasteiger partial charge < -0.3 is 10.6 Å². The summed E-state index contributed by atoms with van der Waals surface area (Å²) in [7, 11) is -3.64. The van der Waals surface area contributed by atoms with Crippen molar-refractivity contribution in [2.24, 2.45) is 0 Å². The van der Waals surface area contributed by atoms with Crippen molar-refractivity contribution in [2.75, 3.05) is 13.1 Å². The molecule has 3 N–H and O–H groups in total. The lowest BCUT2D eigenvalue weighted by molar-refractivity contribution is -0.128. The molecule has 1 rings (SSSR count). The van der Waals surface area contributed by atoms with Gasteiger partial charge in [0.05, 0.1) is 4.90 Å². The summed E-state index contributed by atoms with van der Waals surface area (Å²) >= 11 is 0. The Balaban J connectivity index is 2.45. The molecular formula is C15H23N3O4S. The summed E-state index contributed by atoms with van der Waals surface area (Å²) in [5, 5.41) is 5.10. The summed E-state index contributed by atoms with van der Waals surface area (Å²) in [4.78, 5) is 23.3. The van der Waals surface area contributed by atoms with Crippen molar-refractivity contribution in [1.29, 1.82) is 0 Å². The molecule has 0 saturated heterocycles. The van der Waals surface area contributed by atoms with E-state index in [-0.39, 0.29) is 23.8 Å². The minimum atomic E-state index is -3.64. The summed E-state index contributed by atoms with van der Waals surface area (Å²) in [6.07, 6.45) is -0.0468. The van der Waals surface area contributed by atoms with Crippen molar-refractivity contribution in [3.63, 3.8) is 0 Å². The van der Waals surface area contributed by atoms with Crippen LogP contribution in [0.2, 0.25) is 0 Å². The first-order valence-electron chi connectivity index (χ1n) is 7.39. The third-order valence-electron chi connectivity index (χ3n) is 3.10. The molecule has 128 valence electrons. The van der Waals surface area contributed by atoms with Crippen LogP contribution in [0.5, 0.6) is 0 Å². The zero-order valence-electron chi connectivity index (χ0n) is 13.5. The summed E-state index contributed by atoms with van der Waals surface area (Å²) < 4.78 is 26.4. The van der Waals surface area contributed by atoms with Gasteiger partial charge in [-0.15, -0.1) is 0 Å². The zero-order chi connectivity index (χ0) is 17.5. The molecule has 8 heteroatoms. The molecule has 0 heterocycles. The number of likely N-dealkylation sites (N-methyl/N-ethyl adjacent to an activating group) is 1. The largest absolute Gasteiger partial charge is 0.355 e. The average molecular weight is 341 g/mol. The summed E-state index contributed by atoms with van der Waals surface area (Å²) in [6.45, 7) is 5.66. The van der Waals surface area contributed by atoms with Crippen molar-refractivity contribution < 1.29 is 18.0 Å². The fourth-order valence-electron chi connectivity index (χ4n) is 1.81. The van der Waals surface area contributed by atoms with E-state index in [2.05, 4.69) is 15.4 Å². The number of amides is 2. The van der Waals surface area contributed by atoms with Gasteiger partial charge >= 0.3 is 0 Å².